The van der Waals surface area contributed by atoms with Gasteiger partial charge in [-0.25, -0.2) is 29.9 Å². The zero-order valence-electron chi connectivity index (χ0n) is 19.5. The van der Waals surface area contributed by atoms with Crippen molar-refractivity contribution in [3.63, 3.8) is 0 Å². The van der Waals surface area contributed by atoms with Crippen molar-refractivity contribution in [2.45, 2.75) is 47.4 Å². The van der Waals surface area contributed by atoms with Crippen LogP contribution in [0.5, 0.6) is 0 Å². The van der Waals surface area contributed by atoms with Crippen LogP contribution in [0.3, 0.4) is 0 Å². The summed E-state index contributed by atoms with van der Waals surface area (Å²) in [5.41, 5.74) is 13.3. The van der Waals surface area contributed by atoms with Gasteiger partial charge in [0.25, 0.3) is 0 Å². The second-order valence-corrected chi connectivity index (χ2v) is 11.4. The van der Waals surface area contributed by atoms with Gasteiger partial charge in [0.2, 0.25) is 0 Å². The van der Waals surface area contributed by atoms with Crippen LogP contribution >= 0.6 is 21.6 Å². The molecule has 16 nitrogen and oxygen atoms in total. The number of rotatable bonds is 7. The van der Waals surface area contributed by atoms with E-state index < -0.39 is 47.4 Å². The fourth-order valence-electron chi connectivity index (χ4n) is 4.67. The summed E-state index contributed by atoms with van der Waals surface area (Å²) >= 11 is 0. The number of anilines is 2. The second-order valence-electron chi connectivity index (χ2n) is 8.76. The number of hydrogen-bond donors (Lipinski definition) is 6. The summed E-state index contributed by atoms with van der Waals surface area (Å²) in [6.07, 6.45) is 0.0936. The van der Waals surface area contributed by atoms with Crippen LogP contribution in [-0.2, 0) is 9.47 Å². The number of ether oxygens (including phenoxy) is 2. The van der Waals surface area contributed by atoms with Crippen LogP contribution in [0.2, 0.25) is 0 Å². The van der Waals surface area contributed by atoms with E-state index in [9.17, 15) is 20.4 Å². The summed E-state index contributed by atoms with van der Waals surface area (Å²) in [5.74, 6) is 0.391. The zero-order valence-corrected chi connectivity index (χ0v) is 21.1. The molecule has 2 saturated heterocycles. The minimum absolute atomic E-state index is 0.195. The summed E-state index contributed by atoms with van der Waals surface area (Å²) in [5, 5.41) is 41.1. The van der Waals surface area contributed by atoms with Gasteiger partial charge in [-0.1, -0.05) is 21.6 Å². The quantitative estimate of drug-likeness (QED) is 0.139. The molecule has 0 spiro atoms. The average molecular weight is 565 g/mol. The van der Waals surface area contributed by atoms with Gasteiger partial charge in [-0.15, -0.1) is 0 Å². The Bertz CT molecular complexity index is 1350. The lowest BCUT2D eigenvalue weighted by atomic mass is 10.2. The lowest BCUT2D eigenvalue weighted by Crippen LogP contribution is -2.33. The Morgan fingerprint density at radius 3 is 1.53 bits per heavy atom. The Balaban J connectivity index is 1.20. The Morgan fingerprint density at radius 1 is 0.711 bits per heavy atom. The number of aliphatic hydroxyl groups excluding tert-OH is 4. The molecule has 0 radical (unpaired) electrons. The first-order valence-electron chi connectivity index (χ1n) is 11.5. The van der Waals surface area contributed by atoms with Crippen LogP contribution in [0, 0.1) is 0 Å². The molecule has 2 fully saturated rings. The van der Waals surface area contributed by atoms with E-state index in [1.807, 2.05) is 0 Å². The Morgan fingerprint density at radius 2 is 1.13 bits per heavy atom. The van der Waals surface area contributed by atoms with Gasteiger partial charge in [0, 0.05) is 0 Å². The highest BCUT2D eigenvalue weighted by atomic mass is 33.1. The van der Waals surface area contributed by atoms with Crippen molar-refractivity contribution in [3.8, 4) is 0 Å². The van der Waals surface area contributed by atoms with Gasteiger partial charge in [0.15, 0.2) is 35.4 Å². The topological polar surface area (TPSA) is 239 Å². The summed E-state index contributed by atoms with van der Waals surface area (Å²) in [7, 11) is 2.46. The van der Waals surface area contributed by atoms with Gasteiger partial charge in [0.05, 0.1) is 48.6 Å². The predicted octanol–water partition coefficient (Wildman–Crippen LogP) is -1.55. The van der Waals surface area contributed by atoms with Crippen molar-refractivity contribution in [1.82, 2.24) is 39.0 Å². The second kappa shape index (κ2) is 10.0. The number of nitrogens with two attached hydrogens (primary N) is 2. The third kappa shape index (κ3) is 4.04. The van der Waals surface area contributed by atoms with Crippen molar-refractivity contribution in [1.29, 1.82) is 0 Å². The first kappa shape index (κ1) is 25.4. The third-order valence-electron chi connectivity index (χ3n) is 6.58. The molecule has 8 N–H and O–H groups in total. The van der Waals surface area contributed by atoms with E-state index in [2.05, 4.69) is 29.9 Å². The molecule has 8 unspecified atom stereocenters. The molecule has 0 aromatic carbocycles. The number of fused-ring (bicyclic) bond motifs is 2. The molecule has 38 heavy (non-hydrogen) atoms. The SMILES string of the molecule is Nc1ncnc2c1ncn2C1OC(CO)C(SSC2C(CO)OC(n3cnc4c(N)ncnc43)C2O)C1O. The molecule has 4 aromatic rings. The lowest BCUT2D eigenvalue weighted by molar-refractivity contribution is -0.0486. The molecule has 202 valence electrons. The van der Waals surface area contributed by atoms with Crippen molar-refractivity contribution in [3.05, 3.63) is 25.3 Å². The number of aromatic nitrogens is 8. The molecule has 6 heterocycles. The molecular formula is C20H24N10O6S2. The molecular weight excluding hydrogens is 540 g/mol. The highest BCUT2D eigenvalue weighted by Gasteiger charge is 2.49. The summed E-state index contributed by atoms with van der Waals surface area (Å²) in [6, 6.07) is 0. The van der Waals surface area contributed by atoms with E-state index >= 15 is 0 Å². The molecule has 6 rings (SSSR count). The van der Waals surface area contributed by atoms with Crippen LogP contribution in [0.25, 0.3) is 22.3 Å². The minimum atomic E-state index is -1.07. The molecule has 0 amide bonds. The molecule has 0 bridgehead atoms. The fraction of sp³-hybridized carbons (Fsp3) is 0.500. The number of nitrogen functional groups attached to an aromatic ring is 2. The fourth-order valence-corrected chi connectivity index (χ4v) is 8.17. The van der Waals surface area contributed by atoms with E-state index in [0.29, 0.717) is 22.3 Å². The largest absolute Gasteiger partial charge is 0.394 e. The maximum Gasteiger partial charge on any atom is 0.167 e. The average Bonchev–Trinajstić information content (AvgIpc) is 3.67. The molecule has 8 atom stereocenters. The molecule has 4 aromatic heterocycles. The van der Waals surface area contributed by atoms with E-state index in [4.69, 9.17) is 20.9 Å². The number of hydrogen-bond acceptors (Lipinski definition) is 16. The van der Waals surface area contributed by atoms with Crippen molar-refractivity contribution >= 4 is 55.6 Å². The highest BCUT2D eigenvalue weighted by molar-refractivity contribution is 8.77. The molecule has 2 aliphatic heterocycles. The van der Waals surface area contributed by atoms with Crippen molar-refractivity contribution < 1.29 is 29.9 Å². The van der Waals surface area contributed by atoms with Gasteiger partial charge in [-0.2, -0.15) is 0 Å². The summed E-state index contributed by atoms with van der Waals surface area (Å²) < 4.78 is 15.0. The van der Waals surface area contributed by atoms with E-state index in [1.54, 1.807) is 9.13 Å². The number of nitrogens with zero attached hydrogens (tertiary/aromatic N) is 8. The Hall–Kier alpha value is -2.84. The summed E-state index contributed by atoms with van der Waals surface area (Å²) in [6.45, 7) is -0.707. The Kier molecular flexibility index (Phi) is 6.72. The van der Waals surface area contributed by atoms with Gasteiger partial charge in [-0.05, 0) is 0 Å². The Labute approximate surface area is 221 Å². The van der Waals surface area contributed by atoms with Gasteiger partial charge < -0.3 is 41.4 Å². The van der Waals surface area contributed by atoms with Crippen LogP contribution in [0.15, 0.2) is 25.3 Å². The smallest absolute Gasteiger partial charge is 0.167 e. The maximum absolute atomic E-state index is 11.2. The summed E-state index contributed by atoms with van der Waals surface area (Å²) in [4.78, 5) is 24.7. The van der Waals surface area contributed by atoms with Crippen LogP contribution in [0.1, 0.15) is 12.5 Å². The molecule has 0 aliphatic carbocycles. The van der Waals surface area contributed by atoms with Gasteiger partial charge in [-0.3, -0.25) is 9.13 Å². The number of imidazole rings is 2. The van der Waals surface area contributed by atoms with Gasteiger partial charge in [0.1, 0.15) is 35.9 Å². The normalized spacial score (nSPS) is 31.6. The van der Waals surface area contributed by atoms with E-state index in [-0.39, 0.29) is 24.8 Å². The zero-order chi connectivity index (χ0) is 26.6. The molecule has 2 aliphatic rings. The molecule has 0 saturated carbocycles. The van der Waals surface area contributed by atoms with Crippen molar-refractivity contribution in [2.24, 2.45) is 0 Å². The minimum Gasteiger partial charge on any atom is -0.394 e. The van der Waals surface area contributed by atoms with Crippen LogP contribution in [-0.4, -0.2) is 108 Å². The van der Waals surface area contributed by atoms with Crippen LogP contribution in [0.4, 0.5) is 11.6 Å². The lowest BCUT2D eigenvalue weighted by Gasteiger charge is -2.23. The predicted molar refractivity (Wildman–Crippen MR) is 136 cm³/mol. The van der Waals surface area contributed by atoms with Crippen molar-refractivity contribution in [2.75, 3.05) is 24.7 Å². The standard InChI is InChI=1S/C20H24N10O6S2/c21-15-9-17(25-3-23-15)29(5-27-9)19-11(33)13(7(1-31)35-19)37-38-14-8(2-32)36-20(12(14)34)30-6-28-10-16(22)24-4-26-18(10)30/h3-8,11-14,19-20,31-34H,1-2H2,(H2,21,23,25)(H2,22,24,26). The first-order chi connectivity index (χ1) is 18.4. The first-order valence-corrected chi connectivity index (χ1v) is 13.8. The monoisotopic (exact) mass is 564 g/mol. The number of aliphatic hydroxyl groups is 4. The molecule has 18 heteroatoms. The van der Waals surface area contributed by atoms with Gasteiger partial charge >= 0.3 is 0 Å². The van der Waals surface area contributed by atoms with E-state index in [0.717, 1.165) is 0 Å². The van der Waals surface area contributed by atoms with Crippen LogP contribution < -0.4 is 11.5 Å². The third-order valence-corrected chi connectivity index (χ3v) is 9.97. The highest BCUT2D eigenvalue weighted by Crippen LogP contribution is 2.48. The van der Waals surface area contributed by atoms with E-state index in [1.165, 1.54) is 46.9 Å². The maximum atomic E-state index is 11.2.